The Labute approximate surface area is 121 Å². The third kappa shape index (κ3) is 3.07. The lowest BCUT2D eigenvalue weighted by Gasteiger charge is -2.04. The van der Waals surface area contributed by atoms with Crippen molar-refractivity contribution in [3.8, 4) is 23.0 Å². The van der Waals surface area contributed by atoms with Gasteiger partial charge in [0.2, 0.25) is 0 Å². The highest BCUT2D eigenvalue weighted by atomic mass is 32.2. The van der Waals surface area contributed by atoms with Crippen molar-refractivity contribution in [2.45, 2.75) is 36.7 Å². The van der Waals surface area contributed by atoms with E-state index in [2.05, 4.69) is 10.1 Å². The van der Waals surface area contributed by atoms with Gasteiger partial charge < -0.3 is 14.7 Å². The van der Waals surface area contributed by atoms with Crippen molar-refractivity contribution < 1.29 is 14.7 Å². The summed E-state index contributed by atoms with van der Waals surface area (Å²) in [7, 11) is 0. The number of hydrogen-bond donors (Lipinski definition) is 2. The molecule has 106 valence electrons. The Hall–Kier alpha value is -1.69. The van der Waals surface area contributed by atoms with Gasteiger partial charge in [-0.1, -0.05) is 18.0 Å². The molecule has 5 nitrogen and oxygen atoms in total. The fourth-order valence-electron chi connectivity index (χ4n) is 2.40. The Bertz CT molecular complexity index is 574. The predicted octanol–water partition coefficient (Wildman–Crippen LogP) is 3.32. The van der Waals surface area contributed by atoms with E-state index in [-0.39, 0.29) is 11.5 Å². The topological polar surface area (TPSA) is 79.4 Å². The minimum Gasteiger partial charge on any atom is -0.508 e. The van der Waals surface area contributed by atoms with Crippen LogP contribution in [0.4, 0.5) is 0 Å². The Kier molecular flexibility index (Phi) is 3.82. The van der Waals surface area contributed by atoms with E-state index in [0.717, 1.165) is 5.75 Å². The molecule has 1 saturated carbocycles. The van der Waals surface area contributed by atoms with E-state index >= 15 is 0 Å². The van der Waals surface area contributed by atoms with Gasteiger partial charge in [0.15, 0.2) is 5.82 Å². The predicted molar refractivity (Wildman–Crippen MR) is 76.6 cm³/mol. The van der Waals surface area contributed by atoms with Gasteiger partial charge in [0.25, 0.3) is 5.89 Å². The summed E-state index contributed by atoms with van der Waals surface area (Å²) >= 11 is 1.87. The summed E-state index contributed by atoms with van der Waals surface area (Å²) in [6, 6.07) is 4.24. The minimum absolute atomic E-state index is 0.0277. The summed E-state index contributed by atoms with van der Waals surface area (Å²) in [5.74, 6) is 1.65. The fraction of sp³-hybridized carbons (Fsp3) is 0.429. The highest BCUT2D eigenvalue weighted by molar-refractivity contribution is 7.99. The molecule has 1 fully saturated rings. The third-order valence-electron chi connectivity index (χ3n) is 3.37. The molecule has 0 saturated heterocycles. The van der Waals surface area contributed by atoms with Crippen molar-refractivity contribution in [1.29, 1.82) is 0 Å². The molecule has 0 bridgehead atoms. The average molecular weight is 292 g/mol. The molecule has 20 heavy (non-hydrogen) atoms. The first-order valence-corrected chi connectivity index (χ1v) is 7.73. The van der Waals surface area contributed by atoms with Gasteiger partial charge >= 0.3 is 0 Å². The van der Waals surface area contributed by atoms with Crippen molar-refractivity contribution in [1.82, 2.24) is 10.1 Å². The molecule has 1 heterocycles. The van der Waals surface area contributed by atoms with Crippen LogP contribution in [0.5, 0.6) is 11.5 Å². The summed E-state index contributed by atoms with van der Waals surface area (Å²) in [6.07, 6.45) is 5.18. The van der Waals surface area contributed by atoms with E-state index in [1.807, 2.05) is 11.8 Å². The van der Waals surface area contributed by atoms with Crippen LogP contribution >= 0.6 is 11.8 Å². The zero-order valence-corrected chi connectivity index (χ0v) is 11.8. The number of thioether (sulfide) groups is 1. The molecule has 1 aliphatic rings. The highest BCUT2D eigenvalue weighted by Gasteiger charge is 2.17. The van der Waals surface area contributed by atoms with Crippen LogP contribution in [0.2, 0.25) is 0 Å². The SMILES string of the molecule is Oc1cc(O)cc(-c2nc(CSC3CCCC3)no2)c1. The van der Waals surface area contributed by atoms with Gasteiger partial charge in [0.05, 0.1) is 5.75 Å². The minimum atomic E-state index is -0.0277. The van der Waals surface area contributed by atoms with Gasteiger partial charge in [-0.25, -0.2) is 0 Å². The number of nitrogens with zero attached hydrogens (tertiary/aromatic N) is 2. The lowest BCUT2D eigenvalue weighted by Crippen LogP contribution is -1.95. The number of phenolic OH excluding ortho intramolecular Hbond substituents is 2. The van der Waals surface area contributed by atoms with E-state index in [0.29, 0.717) is 22.5 Å². The summed E-state index contributed by atoms with van der Waals surface area (Å²) in [5.41, 5.74) is 0.520. The molecule has 0 radical (unpaired) electrons. The van der Waals surface area contributed by atoms with Crippen molar-refractivity contribution in [3.05, 3.63) is 24.0 Å². The van der Waals surface area contributed by atoms with E-state index in [1.54, 1.807) is 0 Å². The molecule has 0 unspecified atom stereocenters. The van der Waals surface area contributed by atoms with Crippen LogP contribution in [0.25, 0.3) is 11.5 Å². The first-order valence-electron chi connectivity index (χ1n) is 6.68. The van der Waals surface area contributed by atoms with Gasteiger partial charge in [-0.15, -0.1) is 0 Å². The average Bonchev–Trinajstić information content (AvgIpc) is 3.07. The first kappa shape index (κ1) is 13.3. The standard InChI is InChI=1S/C14H16N2O3S/c17-10-5-9(6-11(18)7-10)14-15-13(16-19-14)8-20-12-3-1-2-4-12/h5-7,12,17-18H,1-4,8H2. The van der Waals surface area contributed by atoms with E-state index < -0.39 is 0 Å². The number of benzene rings is 1. The molecule has 6 heteroatoms. The van der Waals surface area contributed by atoms with E-state index in [4.69, 9.17) is 4.52 Å². The molecule has 2 N–H and O–H groups in total. The van der Waals surface area contributed by atoms with E-state index in [1.165, 1.54) is 43.9 Å². The number of hydrogen-bond acceptors (Lipinski definition) is 6. The summed E-state index contributed by atoms with van der Waals surface area (Å²) in [5, 5.41) is 23.6. The molecule has 2 aromatic rings. The van der Waals surface area contributed by atoms with Gasteiger partial charge in [0.1, 0.15) is 11.5 Å². The molecule has 0 spiro atoms. The normalized spacial score (nSPS) is 15.8. The quantitative estimate of drug-likeness (QED) is 0.900. The largest absolute Gasteiger partial charge is 0.508 e. The lowest BCUT2D eigenvalue weighted by atomic mass is 10.2. The Balaban J connectivity index is 1.69. The second-order valence-corrected chi connectivity index (χ2v) is 6.26. The van der Waals surface area contributed by atoms with Crippen LogP contribution in [0, 0.1) is 0 Å². The van der Waals surface area contributed by atoms with Crippen LogP contribution in [-0.2, 0) is 5.75 Å². The molecule has 0 aliphatic heterocycles. The zero-order valence-electron chi connectivity index (χ0n) is 11.0. The fourth-order valence-corrected chi connectivity index (χ4v) is 3.56. The Morgan fingerprint density at radius 1 is 1.15 bits per heavy atom. The second kappa shape index (κ2) is 5.75. The van der Waals surface area contributed by atoms with Crippen LogP contribution in [0.1, 0.15) is 31.5 Å². The molecule has 1 aromatic heterocycles. The highest BCUT2D eigenvalue weighted by Crippen LogP contribution is 2.32. The van der Waals surface area contributed by atoms with Crippen LogP contribution in [0.3, 0.4) is 0 Å². The summed E-state index contributed by atoms with van der Waals surface area (Å²) in [6.45, 7) is 0. The number of aromatic hydroxyl groups is 2. The Morgan fingerprint density at radius 2 is 1.85 bits per heavy atom. The lowest BCUT2D eigenvalue weighted by molar-refractivity contribution is 0.422. The van der Waals surface area contributed by atoms with E-state index in [9.17, 15) is 10.2 Å². The maximum absolute atomic E-state index is 9.45. The van der Waals surface area contributed by atoms with Gasteiger partial charge in [0, 0.05) is 16.9 Å². The third-order valence-corrected chi connectivity index (χ3v) is 4.74. The maximum Gasteiger partial charge on any atom is 0.258 e. The van der Waals surface area contributed by atoms with Crippen LogP contribution in [0.15, 0.2) is 22.7 Å². The van der Waals surface area contributed by atoms with Crippen molar-refractivity contribution >= 4 is 11.8 Å². The Morgan fingerprint density at radius 3 is 2.55 bits per heavy atom. The molecule has 0 amide bonds. The van der Waals surface area contributed by atoms with Crippen molar-refractivity contribution in [2.24, 2.45) is 0 Å². The van der Waals surface area contributed by atoms with Crippen molar-refractivity contribution in [2.75, 3.05) is 0 Å². The molecular weight excluding hydrogens is 276 g/mol. The first-order chi connectivity index (χ1) is 9.70. The summed E-state index contributed by atoms with van der Waals surface area (Å²) in [4.78, 5) is 4.30. The molecular formula is C14H16N2O3S. The molecule has 0 atom stereocenters. The maximum atomic E-state index is 9.45. The smallest absolute Gasteiger partial charge is 0.258 e. The van der Waals surface area contributed by atoms with Crippen LogP contribution < -0.4 is 0 Å². The van der Waals surface area contributed by atoms with Crippen molar-refractivity contribution in [3.63, 3.8) is 0 Å². The molecule has 1 aromatic carbocycles. The van der Waals surface area contributed by atoms with Gasteiger partial charge in [-0.2, -0.15) is 16.7 Å². The number of aromatic nitrogens is 2. The number of phenols is 2. The molecule has 1 aliphatic carbocycles. The summed E-state index contributed by atoms with van der Waals surface area (Å²) < 4.78 is 5.18. The van der Waals surface area contributed by atoms with Gasteiger partial charge in [-0.05, 0) is 25.0 Å². The number of rotatable bonds is 4. The van der Waals surface area contributed by atoms with Gasteiger partial charge in [-0.3, -0.25) is 0 Å². The monoisotopic (exact) mass is 292 g/mol. The zero-order chi connectivity index (χ0) is 13.9. The second-order valence-electron chi connectivity index (χ2n) is 4.97. The molecule has 3 rings (SSSR count). The van der Waals surface area contributed by atoms with Crippen LogP contribution in [-0.4, -0.2) is 25.6 Å².